The molecule has 13 nitrogen and oxygen atoms in total. The molecule has 1 unspecified atom stereocenters. The zero-order chi connectivity index (χ0) is 43.4. The molecule has 4 atom stereocenters. The van der Waals surface area contributed by atoms with E-state index in [9.17, 15) is 5.26 Å². The maximum absolute atomic E-state index is 9.44. The van der Waals surface area contributed by atoms with Crippen LogP contribution in [0.15, 0.2) is 116 Å². The highest BCUT2D eigenvalue weighted by Crippen LogP contribution is 2.51. The summed E-state index contributed by atoms with van der Waals surface area (Å²) in [5, 5.41) is 10.1. The molecule has 1 saturated heterocycles. The van der Waals surface area contributed by atoms with Crippen LogP contribution in [0.25, 0.3) is 11.0 Å². The van der Waals surface area contributed by atoms with Crippen molar-refractivity contribution in [2.45, 2.75) is 76.7 Å². The van der Waals surface area contributed by atoms with Gasteiger partial charge in [0.25, 0.3) is 8.53 Å². The first kappa shape index (κ1) is 45.2. The summed E-state index contributed by atoms with van der Waals surface area (Å²) in [6.07, 6.45) is 4.16. The Hall–Kier alpha value is -5.32. The van der Waals surface area contributed by atoms with Crippen molar-refractivity contribution in [3.8, 4) is 29.5 Å². The fraction of sp³-hybridized carbons (Fsp3) is 0.383. The molecule has 0 amide bonds. The fourth-order valence-corrected chi connectivity index (χ4v) is 9.25. The van der Waals surface area contributed by atoms with Crippen LogP contribution >= 0.6 is 8.53 Å². The van der Waals surface area contributed by atoms with Crippen molar-refractivity contribution < 1.29 is 37.5 Å². The lowest BCUT2D eigenvalue weighted by atomic mass is 9.80. The van der Waals surface area contributed by atoms with Crippen LogP contribution in [-0.4, -0.2) is 84.1 Å². The Kier molecular flexibility index (Phi) is 15.9. The Bertz CT molecular complexity index is 2160. The molecule has 5 aromatic rings. The summed E-state index contributed by atoms with van der Waals surface area (Å²) in [7, 11) is 1.65. The minimum Gasteiger partial charge on any atom is -0.497 e. The van der Waals surface area contributed by atoms with Gasteiger partial charge in [0, 0.05) is 24.7 Å². The summed E-state index contributed by atoms with van der Waals surface area (Å²) in [4.78, 5) is 9.33. The van der Waals surface area contributed by atoms with Gasteiger partial charge in [0.05, 0.1) is 51.4 Å². The van der Waals surface area contributed by atoms with Crippen molar-refractivity contribution in [2.24, 2.45) is 0 Å². The predicted octanol–water partition coefficient (Wildman–Crippen LogP) is 9.54. The largest absolute Gasteiger partial charge is 0.497 e. The van der Waals surface area contributed by atoms with Gasteiger partial charge in [0.1, 0.15) is 42.6 Å². The number of ether oxygens (including phenoxy) is 6. The van der Waals surface area contributed by atoms with Crippen LogP contribution < -0.4 is 18.9 Å². The number of hydrogen-bond donors (Lipinski definition) is 0. The van der Waals surface area contributed by atoms with E-state index >= 15 is 0 Å². The molecule has 0 spiro atoms. The molecule has 14 heteroatoms. The van der Waals surface area contributed by atoms with Crippen LogP contribution in [0.1, 0.15) is 63.5 Å². The molecule has 1 aliphatic rings. The SMILES string of the molecule is C=CCOc1nc(OCC=C)c2ccn([C@H]3C[C@H](OP(OCCC#N)N(C(C)C)C(C)C)[C@@H](COC(c4ccccc4)(c4ccc(OC)cc4)c4ccc(OC)cc4)O3)c2n1. The third-order valence-electron chi connectivity index (χ3n) is 10.2. The molecular formula is C47H56N5O8P. The van der Waals surface area contributed by atoms with E-state index in [4.69, 9.17) is 42.5 Å². The molecule has 6 rings (SSSR count). The second kappa shape index (κ2) is 21.5. The highest BCUT2D eigenvalue weighted by molar-refractivity contribution is 7.44. The van der Waals surface area contributed by atoms with E-state index in [0.29, 0.717) is 23.3 Å². The van der Waals surface area contributed by atoms with Crippen molar-refractivity contribution in [1.82, 2.24) is 19.2 Å². The number of nitriles is 1. The van der Waals surface area contributed by atoms with Crippen molar-refractivity contribution in [3.63, 3.8) is 0 Å². The molecule has 3 heterocycles. The van der Waals surface area contributed by atoms with E-state index in [-0.39, 0.29) is 50.9 Å². The summed E-state index contributed by atoms with van der Waals surface area (Å²) in [6.45, 7) is 16.8. The Labute approximate surface area is 360 Å². The monoisotopic (exact) mass is 849 g/mol. The zero-order valence-corrected chi connectivity index (χ0v) is 36.7. The molecule has 3 aromatic carbocycles. The zero-order valence-electron chi connectivity index (χ0n) is 35.8. The average molecular weight is 850 g/mol. The molecule has 0 bridgehead atoms. The van der Waals surface area contributed by atoms with Gasteiger partial charge in [-0.05, 0) is 74.7 Å². The molecule has 322 valence electrons. The Balaban J connectivity index is 1.46. The number of aromatic nitrogens is 3. The first-order valence-corrected chi connectivity index (χ1v) is 21.5. The first-order chi connectivity index (χ1) is 29.7. The van der Waals surface area contributed by atoms with Gasteiger partial charge in [0.2, 0.25) is 5.88 Å². The molecular weight excluding hydrogens is 794 g/mol. The average Bonchev–Trinajstić information content (AvgIpc) is 3.89. The number of methoxy groups -OCH3 is 2. The molecule has 61 heavy (non-hydrogen) atoms. The number of rotatable bonds is 23. The third-order valence-corrected chi connectivity index (χ3v) is 12.4. The van der Waals surface area contributed by atoms with Crippen LogP contribution in [0.5, 0.6) is 23.4 Å². The standard InChI is InChI=1S/C47H56N5O8P/c1-9-28-55-45-40-25-27-51(44(40)49-46(50-45)56-29-10-2)43-31-41(60-61(58-30-14-26-48)52(33(3)4)34(5)6)42(59-43)32-57-47(35-15-12-11-13-16-35,36-17-21-38(53-7)22-18-36)37-19-23-39(54-8)24-20-37/h9-13,15-25,27,33-34,41-43H,1-2,14,28-32H2,3-8H3/t41-,42+,43+,61?/m0/s1. The lowest BCUT2D eigenvalue weighted by Gasteiger charge is -2.39. The quantitative estimate of drug-likeness (QED) is 0.0269. The second-order valence-corrected chi connectivity index (χ2v) is 16.2. The van der Waals surface area contributed by atoms with Crippen LogP contribution in [0.3, 0.4) is 0 Å². The van der Waals surface area contributed by atoms with Crippen molar-refractivity contribution in [2.75, 3.05) is 40.6 Å². The van der Waals surface area contributed by atoms with Gasteiger partial charge < -0.3 is 42.0 Å². The Morgan fingerprint density at radius 3 is 2.05 bits per heavy atom. The number of fused-ring (bicyclic) bond motifs is 1. The van der Waals surface area contributed by atoms with Gasteiger partial charge in [0.15, 0.2) is 5.65 Å². The van der Waals surface area contributed by atoms with Gasteiger partial charge in [-0.1, -0.05) is 79.9 Å². The molecule has 0 aliphatic carbocycles. The topological polar surface area (TPSA) is 132 Å². The normalized spacial score (nSPS) is 17.1. The van der Waals surface area contributed by atoms with Crippen molar-refractivity contribution in [3.05, 3.63) is 133 Å². The van der Waals surface area contributed by atoms with Gasteiger partial charge in [-0.2, -0.15) is 15.2 Å². The number of nitrogens with zero attached hydrogens (tertiary/aromatic N) is 5. The predicted molar refractivity (Wildman–Crippen MR) is 236 cm³/mol. The summed E-state index contributed by atoms with van der Waals surface area (Å²) in [5.41, 5.74) is 2.14. The first-order valence-electron chi connectivity index (χ1n) is 20.4. The number of hydrogen-bond acceptors (Lipinski definition) is 12. The summed E-state index contributed by atoms with van der Waals surface area (Å²) < 4.78 is 55.1. The Morgan fingerprint density at radius 1 is 0.869 bits per heavy atom. The smallest absolute Gasteiger partial charge is 0.322 e. The van der Waals surface area contributed by atoms with Crippen LogP contribution in [0, 0.1) is 11.3 Å². The third kappa shape index (κ3) is 10.4. The van der Waals surface area contributed by atoms with E-state index in [1.165, 1.54) is 0 Å². The van der Waals surface area contributed by atoms with E-state index in [1.54, 1.807) is 26.4 Å². The highest BCUT2D eigenvalue weighted by atomic mass is 31.2. The molecule has 1 aliphatic heterocycles. The molecule has 0 N–H and O–H groups in total. The van der Waals surface area contributed by atoms with Crippen molar-refractivity contribution >= 4 is 19.6 Å². The summed E-state index contributed by atoms with van der Waals surface area (Å²) in [5.74, 6) is 1.80. The Morgan fingerprint density at radius 2 is 1.48 bits per heavy atom. The van der Waals surface area contributed by atoms with E-state index < -0.39 is 32.6 Å². The maximum Gasteiger partial charge on any atom is 0.322 e. The fourth-order valence-electron chi connectivity index (χ4n) is 7.49. The minimum atomic E-state index is -1.64. The van der Waals surface area contributed by atoms with Gasteiger partial charge in [-0.3, -0.25) is 0 Å². The van der Waals surface area contributed by atoms with E-state index in [1.807, 2.05) is 83.6 Å². The second-order valence-electron chi connectivity index (χ2n) is 14.8. The highest BCUT2D eigenvalue weighted by Gasteiger charge is 2.45. The summed E-state index contributed by atoms with van der Waals surface area (Å²) >= 11 is 0. The van der Waals surface area contributed by atoms with Crippen LogP contribution in [0.4, 0.5) is 0 Å². The molecule has 1 fully saturated rings. The van der Waals surface area contributed by atoms with Gasteiger partial charge >= 0.3 is 6.01 Å². The maximum atomic E-state index is 9.44. The van der Waals surface area contributed by atoms with Crippen molar-refractivity contribution in [1.29, 1.82) is 5.26 Å². The molecule has 0 radical (unpaired) electrons. The van der Waals surface area contributed by atoms with Gasteiger partial charge in [-0.15, -0.1) is 0 Å². The van der Waals surface area contributed by atoms with E-state index in [2.05, 4.69) is 68.7 Å². The summed E-state index contributed by atoms with van der Waals surface area (Å²) in [6, 6.07) is 30.4. The molecule has 0 saturated carbocycles. The number of benzene rings is 3. The van der Waals surface area contributed by atoms with E-state index in [0.717, 1.165) is 28.2 Å². The van der Waals surface area contributed by atoms with Crippen LogP contribution in [-0.2, 0) is 24.1 Å². The lowest BCUT2D eigenvalue weighted by molar-refractivity contribution is -0.0911. The molecule has 2 aromatic heterocycles. The van der Waals surface area contributed by atoms with Crippen LogP contribution in [0.2, 0.25) is 0 Å². The minimum absolute atomic E-state index is 0.0879. The van der Waals surface area contributed by atoms with Gasteiger partial charge in [-0.25, -0.2) is 4.67 Å². The lowest BCUT2D eigenvalue weighted by Crippen LogP contribution is -2.39.